The van der Waals surface area contributed by atoms with Gasteiger partial charge in [-0.15, -0.1) is 0 Å². The number of nitrogens with zero attached hydrogens (tertiary/aromatic N) is 4. The summed E-state index contributed by atoms with van der Waals surface area (Å²) in [6.45, 7) is 1.86. The van der Waals surface area contributed by atoms with Crippen LogP contribution in [0.4, 0.5) is 0 Å². The second-order valence-corrected chi connectivity index (χ2v) is 6.56. The second-order valence-electron chi connectivity index (χ2n) is 6.56. The van der Waals surface area contributed by atoms with Crippen LogP contribution in [-0.4, -0.2) is 41.3 Å². The third kappa shape index (κ3) is 3.65. The summed E-state index contributed by atoms with van der Waals surface area (Å²) >= 11 is 0. The topological polar surface area (TPSA) is 124 Å². The maximum Gasteiger partial charge on any atom is 0.182 e. The molecule has 1 aromatic carbocycles. The Hall–Kier alpha value is -3.46. The number of nitriles is 2. The summed E-state index contributed by atoms with van der Waals surface area (Å²) in [6, 6.07) is 9.72. The summed E-state index contributed by atoms with van der Waals surface area (Å²) in [5.41, 5.74) is 0.508. The van der Waals surface area contributed by atoms with Crippen LogP contribution in [0.15, 0.2) is 47.7 Å². The van der Waals surface area contributed by atoms with Gasteiger partial charge in [-0.2, -0.15) is 10.5 Å². The van der Waals surface area contributed by atoms with Crippen LogP contribution < -0.4 is 10.1 Å². The van der Waals surface area contributed by atoms with Crippen LogP contribution in [0.3, 0.4) is 0 Å². The Bertz CT molecular complexity index is 964. The second kappa shape index (κ2) is 8.05. The summed E-state index contributed by atoms with van der Waals surface area (Å²) in [4.78, 5) is 8.67. The van der Waals surface area contributed by atoms with E-state index in [1.54, 1.807) is 49.6 Å². The molecule has 0 saturated heterocycles. The van der Waals surface area contributed by atoms with Gasteiger partial charge in [0.1, 0.15) is 23.7 Å². The van der Waals surface area contributed by atoms with Gasteiger partial charge in [0.25, 0.3) is 0 Å². The van der Waals surface area contributed by atoms with Gasteiger partial charge in [-0.1, -0.05) is 0 Å². The van der Waals surface area contributed by atoms with Gasteiger partial charge < -0.3 is 14.6 Å². The molecule has 28 heavy (non-hydrogen) atoms. The van der Waals surface area contributed by atoms with Crippen LogP contribution in [0, 0.1) is 22.8 Å². The molecular formula is C20H19N5O3. The van der Waals surface area contributed by atoms with E-state index in [4.69, 9.17) is 14.7 Å². The van der Waals surface area contributed by atoms with Crippen molar-refractivity contribution in [2.45, 2.75) is 24.7 Å². The monoisotopic (exact) mass is 377 g/mol. The molecule has 0 saturated carbocycles. The molecule has 0 aliphatic carbocycles. The number of pyridine rings is 1. The minimum Gasteiger partial charge on any atom is -0.482 e. The van der Waals surface area contributed by atoms with Gasteiger partial charge in [0.2, 0.25) is 0 Å². The number of aliphatic hydroxyl groups excluding tert-OH is 1. The third-order valence-corrected chi connectivity index (χ3v) is 4.53. The number of methoxy groups -OCH3 is 1. The molecule has 8 nitrogen and oxygen atoms in total. The smallest absolute Gasteiger partial charge is 0.182 e. The zero-order chi connectivity index (χ0) is 20.1. The normalized spacial score (nSPS) is 23.7. The number of hydrogen-bond acceptors (Lipinski definition) is 7. The molecule has 1 aliphatic heterocycles. The number of aromatic nitrogens is 1. The minimum atomic E-state index is -1.08. The highest BCUT2D eigenvalue weighted by molar-refractivity contribution is 5.99. The maximum absolute atomic E-state index is 11.1. The predicted octanol–water partition coefficient (Wildman–Crippen LogP) is 1.67. The number of nitrogens with one attached hydrogen (secondary N) is 1. The van der Waals surface area contributed by atoms with Gasteiger partial charge in [0.05, 0.1) is 18.2 Å². The quantitative estimate of drug-likeness (QED) is 0.359. The summed E-state index contributed by atoms with van der Waals surface area (Å²) in [5.74, 6) is 0.759. The van der Waals surface area contributed by atoms with E-state index in [1.807, 2.05) is 6.19 Å². The van der Waals surface area contributed by atoms with Gasteiger partial charge in [-0.05, 0) is 37.3 Å². The molecule has 142 valence electrons. The molecule has 0 amide bonds. The van der Waals surface area contributed by atoms with E-state index in [0.717, 1.165) is 0 Å². The first-order chi connectivity index (χ1) is 13.5. The number of ether oxygens (including phenoxy) is 2. The molecule has 8 heteroatoms. The van der Waals surface area contributed by atoms with Gasteiger partial charge in [-0.3, -0.25) is 15.3 Å². The van der Waals surface area contributed by atoms with E-state index >= 15 is 0 Å². The number of amidine groups is 1. The molecule has 1 aliphatic rings. The Morgan fingerprint density at radius 3 is 2.89 bits per heavy atom. The van der Waals surface area contributed by atoms with Crippen molar-refractivity contribution in [2.24, 2.45) is 4.99 Å². The van der Waals surface area contributed by atoms with Crippen LogP contribution in [-0.2, 0) is 4.74 Å². The van der Waals surface area contributed by atoms with Crippen molar-refractivity contribution in [3.63, 3.8) is 0 Å². The fraction of sp³-hybridized carbons (Fsp3) is 0.300. The van der Waals surface area contributed by atoms with Crippen molar-refractivity contribution in [1.82, 2.24) is 10.3 Å². The Kier molecular flexibility index (Phi) is 5.55. The number of aliphatic imine (C=N–C) groups is 1. The molecule has 0 radical (unpaired) electrons. The van der Waals surface area contributed by atoms with E-state index in [9.17, 15) is 10.4 Å². The van der Waals surface area contributed by atoms with Gasteiger partial charge in [-0.25, -0.2) is 0 Å². The van der Waals surface area contributed by atoms with Crippen molar-refractivity contribution < 1.29 is 14.6 Å². The predicted molar refractivity (Wildman–Crippen MR) is 100 cm³/mol. The minimum absolute atomic E-state index is 0.132. The third-order valence-electron chi connectivity index (χ3n) is 4.53. The van der Waals surface area contributed by atoms with E-state index in [-0.39, 0.29) is 12.4 Å². The first kappa shape index (κ1) is 19.3. The molecule has 0 bridgehead atoms. The van der Waals surface area contributed by atoms with E-state index < -0.39 is 17.7 Å². The average Bonchev–Trinajstić information content (AvgIpc) is 2.71. The lowest BCUT2D eigenvalue weighted by Gasteiger charge is -2.42. The number of aliphatic hydroxyl groups is 1. The molecule has 0 spiro atoms. The molecule has 0 fully saturated rings. The van der Waals surface area contributed by atoms with E-state index in [0.29, 0.717) is 22.4 Å². The van der Waals surface area contributed by atoms with Crippen LogP contribution in [0.1, 0.15) is 29.7 Å². The number of fused-ring (bicyclic) bond motifs is 1. The SMILES string of the molecule is COCC1(C)Oc2ccc(C#N)cc2[C@@H](N=C(NC#N)c2cccnc2)[C@@H]1O. The maximum atomic E-state index is 11.1. The summed E-state index contributed by atoms with van der Waals surface area (Å²) in [6.07, 6.45) is 3.96. The molecule has 2 N–H and O–H groups in total. The average molecular weight is 377 g/mol. The highest BCUT2D eigenvalue weighted by Gasteiger charge is 2.46. The highest BCUT2D eigenvalue weighted by Crippen LogP contribution is 2.42. The summed E-state index contributed by atoms with van der Waals surface area (Å²) in [7, 11) is 1.52. The first-order valence-electron chi connectivity index (χ1n) is 8.56. The molecule has 1 unspecified atom stereocenters. The number of rotatable bonds is 4. The molecule has 3 atom stereocenters. The van der Waals surface area contributed by atoms with Crippen LogP contribution in [0.2, 0.25) is 0 Å². The van der Waals surface area contributed by atoms with Crippen LogP contribution in [0.25, 0.3) is 0 Å². The molecule has 2 heterocycles. The van der Waals surface area contributed by atoms with Crippen molar-refractivity contribution in [2.75, 3.05) is 13.7 Å². The summed E-state index contributed by atoms with van der Waals surface area (Å²) < 4.78 is 11.2. The van der Waals surface area contributed by atoms with E-state index in [2.05, 4.69) is 21.4 Å². The number of benzene rings is 1. The highest BCUT2D eigenvalue weighted by atomic mass is 16.6. The Labute approximate surface area is 162 Å². The lowest BCUT2D eigenvalue weighted by atomic mass is 9.85. The Balaban J connectivity index is 2.16. The molecule has 3 rings (SSSR count). The zero-order valence-electron chi connectivity index (χ0n) is 15.5. The lowest BCUT2D eigenvalue weighted by Crippen LogP contribution is -2.54. The Morgan fingerprint density at radius 2 is 2.25 bits per heavy atom. The standard InChI is InChI=1S/C20H19N5O3/c1-20(11-27-2)18(26)17(15-8-13(9-21)5-6-16(15)28-20)25-19(24-12-22)14-4-3-7-23-10-14/h3-8,10,17-18,26H,11H2,1-2H3,(H,24,25)/t17-,18+,20?/m1/s1. The fourth-order valence-corrected chi connectivity index (χ4v) is 3.17. The van der Waals surface area contributed by atoms with E-state index in [1.165, 1.54) is 7.11 Å². The molecular weight excluding hydrogens is 358 g/mol. The Morgan fingerprint density at radius 1 is 1.43 bits per heavy atom. The van der Waals surface area contributed by atoms with Gasteiger partial charge in [0.15, 0.2) is 11.8 Å². The largest absolute Gasteiger partial charge is 0.482 e. The lowest BCUT2D eigenvalue weighted by molar-refractivity contribution is -0.104. The van der Waals surface area contributed by atoms with Crippen LogP contribution >= 0.6 is 0 Å². The van der Waals surface area contributed by atoms with Crippen molar-refractivity contribution in [1.29, 1.82) is 10.5 Å². The fourth-order valence-electron chi connectivity index (χ4n) is 3.17. The van der Waals surface area contributed by atoms with Crippen molar-refractivity contribution in [3.05, 3.63) is 59.4 Å². The van der Waals surface area contributed by atoms with Crippen molar-refractivity contribution in [3.8, 4) is 18.0 Å². The first-order valence-corrected chi connectivity index (χ1v) is 8.56. The van der Waals surface area contributed by atoms with Gasteiger partial charge in [0, 0.05) is 30.6 Å². The zero-order valence-corrected chi connectivity index (χ0v) is 15.5. The van der Waals surface area contributed by atoms with Crippen LogP contribution in [0.5, 0.6) is 5.75 Å². The number of hydrogen-bond donors (Lipinski definition) is 2. The molecule has 1 aromatic heterocycles. The summed E-state index contributed by atoms with van der Waals surface area (Å²) in [5, 5.41) is 32.0. The van der Waals surface area contributed by atoms with Gasteiger partial charge >= 0.3 is 0 Å². The van der Waals surface area contributed by atoms with Crippen molar-refractivity contribution >= 4 is 5.84 Å². The molecule has 2 aromatic rings.